The molecule has 0 spiro atoms. The van der Waals surface area contributed by atoms with Gasteiger partial charge in [0.2, 0.25) is 0 Å². The number of benzene rings is 2. The summed E-state index contributed by atoms with van der Waals surface area (Å²) in [5, 5.41) is 33.3. The zero-order valence-corrected chi connectivity index (χ0v) is 12.2. The number of nitro groups is 1. The summed E-state index contributed by atoms with van der Waals surface area (Å²) in [4.78, 5) is 10.5. The van der Waals surface area contributed by atoms with Crippen LogP contribution in [0.25, 0.3) is 0 Å². The normalized spacial score (nSPS) is 12.0. The Bertz CT molecular complexity index is 673. The summed E-state index contributed by atoms with van der Waals surface area (Å²) in [6, 6.07) is 11.8. The molecule has 2 aromatic rings. The molecule has 3 N–H and O–H groups in total. The molecule has 0 aliphatic rings. The highest BCUT2D eigenvalue weighted by molar-refractivity contribution is 5.62. The Morgan fingerprint density at radius 3 is 2.64 bits per heavy atom. The summed E-state index contributed by atoms with van der Waals surface area (Å²) in [7, 11) is 0. The fourth-order valence-electron chi connectivity index (χ4n) is 2.26. The standard InChI is InChI=1S/C16H18N2O4/c1-11-4-2-3-5-13(11)16(20)9-17-14-8-12(10-19)6-7-15(14)18(21)22/h2-8,16-17,19-20H,9-10H2,1H3. The van der Waals surface area contributed by atoms with Crippen molar-refractivity contribution >= 4 is 11.4 Å². The van der Waals surface area contributed by atoms with E-state index in [9.17, 15) is 15.2 Å². The van der Waals surface area contributed by atoms with Crippen molar-refractivity contribution in [3.05, 3.63) is 69.3 Å². The first kappa shape index (κ1) is 15.9. The van der Waals surface area contributed by atoms with Gasteiger partial charge in [-0.1, -0.05) is 24.3 Å². The maximum Gasteiger partial charge on any atom is 0.292 e. The predicted molar refractivity (Wildman–Crippen MR) is 83.6 cm³/mol. The number of nitro benzene ring substituents is 1. The smallest absolute Gasteiger partial charge is 0.292 e. The summed E-state index contributed by atoms with van der Waals surface area (Å²) in [5.74, 6) is 0. The molecule has 0 heterocycles. The molecule has 0 amide bonds. The van der Waals surface area contributed by atoms with Gasteiger partial charge in [-0.05, 0) is 35.7 Å². The second-order valence-corrected chi connectivity index (χ2v) is 5.02. The van der Waals surface area contributed by atoms with Gasteiger partial charge in [0.1, 0.15) is 5.69 Å². The number of aliphatic hydroxyl groups excluding tert-OH is 2. The Morgan fingerprint density at radius 1 is 1.27 bits per heavy atom. The maximum atomic E-state index is 11.0. The molecule has 0 saturated heterocycles. The SMILES string of the molecule is Cc1ccccc1C(O)CNc1cc(CO)ccc1[N+](=O)[O-]. The number of rotatable bonds is 6. The molecule has 2 aromatic carbocycles. The molecule has 6 nitrogen and oxygen atoms in total. The lowest BCUT2D eigenvalue weighted by Gasteiger charge is -2.15. The second-order valence-electron chi connectivity index (χ2n) is 5.02. The summed E-state index contributed by atoms with van der Waals surface area (Å²) in [6.45, 7) is 1.83. The van der Waals surface area contributed by atoms with E-state index in [0.29, 0.717) is 5.56 Å². The highest BCUT2D eigenvalue weighted by atomic mass is 16.6. The highest BCUT2D eigenvalue weighted by Crippen LogP contribution is 2.27. The van der Waals surface area contributed by atoms with Crippen LogP contribution in [0.1, 0.15) is 22.8 Å². The van der Waals surface area contributed by atoms with Crippen molar-refractivity contribution in [1.82, 2.24) is 0 Å². The van der Waals surface area contributed by atoms with Gasteiger partial charge in [0.15, 0.2) is 0 Å². The van der Waals surface area contributed by atoms with E-state index in [4.69, 9.17) is 5.11 Å². The third-order valence-corrected chi connectivity index (χ3v) is 3.47. The van der Waals surface area contributed by atoms with E-state index < -0.39 is 11.0 Å². The highest BCUT2D eigenvalue weighted by Gasteiger charge is 2.16. The van der Waals surface area contributed by atoms with Crippen molar-refractivity contribution in [3.8, 4) is 0 Å². The Morgan fingerprint density at radius 2 is 2.00 bits per heavy atom. The monoisotopic (exact) mass is 302 g/mol. The summed E-state index contributed by atoms with van der Waals surface area (Å²) in [5.41, 5.74) is 2.49. The zero-order valence-electron chi connectivity index (χ0n) is 12.2. The Kier molecular flexibility index (Phi) is 5.08. The molecule has 116 valence electrons. The van der Waals surface area contributed by atoms with Crippen molar-refractivity contribution in [2.45, 2.75) is 19.6 Å². The van der Waals surface area contributed by atoms with Crippen LogP contribution in [0, 0.1) is 17.0 Å². The minimum absolute atomic E-state index is 0.0887. The summed E-state index contributed by atoms with van der Waals surface area (Å²) in [6.07, 6.45) is -0.779. The molecule has 0 aliphatic heterocycles. The third-order valence-electron chi connectivity index (χ3n) is 3.47. The Balaban J connectivity index is 2.17. The molecule has 1 unspecified atom stereocenters. The van der Waals surface area contributed by atoms with Crippen molar-refractivity contribution in [1.29, 1.82) is 0 Å². The maximum absolute atomic E-state index is 11.0. The van der Waals surface area contributed by atoms with Crippen LogP contribution >= 0.6 is 0 Å². The van der Waals surface area contributed by atoms with Crippen molar-refractivity contribution in [2.75, 3.05) is 11.9 Å². The minimum Gasteiger partial charge on any atom is -0.392 e. The van der Waals surface area contributed by atoms with Gasteiger partial charge in [-0.3, -0.25) is 10.1 Å². The first-order valence-electron chi connectivity index (χ1n) is 6.88. The van der Waals surface area contributed by atoms with Crippen LogP contribution < -0.4 is 5.32 Å². The molecule has 0 saturated carbocycles. The number of aryl methyl sites for hydroxylation is 1. The van der Waals surface area contributed by atoms with Gasteiger partial charge in [-0.15, -0.1) is 0 Å². The number of nitrogens with zero attached hydrogens (tertiary/aromatic N) is 1. The van der Waals surface area contributed by atoms with Crippen molar-refractivity contribution < 1.29 is 15.1 Å². The van der Waals surface area contributed by atoms with Crippen molar-refractivity contribution in [3.63, 3.8) is 0 Å². The number of aliphatic hydroxyl groups is 2. The van der Waals surface area contributed by atoms with Crippen LogP contribution in [0.15, 0.2) is 42.5 Å². The number of hydrogen-bond donors (Lipinski definition) is 3. The average molecular weight is 302 g/mol. The molecule has 1 atom stereocenters. The van der Waals surface area contributed by atoms with Gasteiger partial charge in [-0.2, -0.15) is 0 Å². The molecule has 6 heteroatoms. The number of anilines is 1. The summed E-state index contributed by atoms with van der Waals surface area (Å²) < 4.78 is 0. The van der Waals surface area contributed by atoms with E-state index in [2.05, 4.69) is 5.32 Å². The van der Waals surface area contributed by atoms with Gasteiger partial charge >= 0.3 is 0 Å². The fourth-order valence-corrected chi connectivity index (χ4v) is 2.26. The molecule has 22 heavy (non-hydrogen) atoms. The van der Waals surface area contributed by atoms with E-state index in [0.717, 1.165) is 11.1 Å². The Hall–Kier alpha value is -2.44. The van der Waals surface area contributed by atoms with Crippen LogP contribution in [-0.2, 0) is 6.61 Å². The minimum atomic E-state index is -0.779. The van der Waals surface area contributed by atoms with Crippen LogP contribution in [0.4, 0.5) is 11.4 Å². The van der Waals surface area contributed by atoms with Gasteiger partial charge in [0.05, 0.1) is 17.6 Å². The largest absolute Gasteiger partial charge is 0.392 e. The lowest BCUT2D eigenvalue weighted by Crippen LogP contribution is -2.14. The van der Waals surface area contributed by atoms with Crippen molar-refractivity contribution in [2.24, 2.45) is 0 Å². The molecule has 0 fully saturated rings. The van der Waals surface area contributed by atoms with E-state index in [1.807, 2.05) is 31.2 Å². The lowest BCUT2D eigenvalue weighted by atomic mass is 10.0. The number of hydrogen-bond acceptors (Lipinski definition) is 5. The molecule has 2 rings (SSSR count). The van der Waals surface area contributed by atoms with E-state index in [1.165, 1.54) is 18.2 Å². The molecular weight excluding hydrogens is 284 g/mol. The topological polar surface area (TPSA) is 95.6 Å². The van der Waals surface area contributed by atoms with E-state index >= 15 is 0 Å². The van der Waals surface area contributed by atoms with Crippen LogP contribution in [0.2, 0.25) is 0 Å². The average Bonchev–Trinajstić information content (AvgIpc) is 2.52. The second kappa shape index (κ2) is 7.02. The quantitative estimate of drug-likeness (QED) is 0.563. The van der Waals surface area contributed by atoms with E-state index in [-0.39, 0.29) is 24.5 Å². The van der Waals surface area contributed by atoms with Crippen LogP contribution in [-0.4, -0.2) is 21.7 Å². The molecule has 0 bridgehead atoms. The van der Waals surface area contributed by atoms with Gasteiger partial charge < -0.3 is 15.5 Å². The zero-order chi connectivity index (χ0) is 16.1. The van der Waals surface area contributed by atoms with Crippen LogP contribution in [0.3, 0.4) is 0 Å². The summed E-state index contributed by atoms with van der Waals surface area (Å²) >= 11 is 0. The molecular formula is C16H18N2O4. The van der Waals surface area contributed by atoms with Gasteiger partial charge in [-0.25, -0.2) is 0 Å². The van der Waals surface area contributed by atoms with E-state index in [1.54, 1.807) is 0 Å². The molecule has 0 aliphatic carbocycles. The van der Waals surface area contributed by atoms with Gasteiger partial charge in [0, 0.05) is 12.6 Å². The molecule has 0 radical (unpaired) electrons. The predicted octanol–water partition coefficient (Wildman–Crippen LogP) is 2.54. The van der Waals surface area contributed by atoms with Gasteiger partial charge in [0.25, 0.3) is 5.69 Å². The third kappa shape index (κ3) is 3.60. The molecule has 0 aromatic heterocycles. The number of nitrogens with one attached hydrogen (secondary N) is 1. The first-order valence-corrected chi connectivity index (χ1v) is 6.88. The fraction of sp³-hybridized carbons (Fsp3) is 0.250. The van der Waals surface area contributed by atoms with Crippen LogP contribution in [0.5, 0.6) is 0 Å². The first-order chi connectivity index (χ1) is 10.5. The lowest BCUT2D eigenvalue weighted by molar-refractivity contribution is -0.384. The Labute approximate surface area is 128 Å².